The Balaban J connectivity index is 2.30. The van der Waals surface area contributed by atoms with Gasteiger partial charge in [-0.15, -0.1) is 0 Å². The van der Waals surface area contributed by atoms with Gasteiger partial charge < -0.3 is 5.11 Å². The number of hydrogen-bond acceptors (Lipinski definition) is 3. The highest BCUT2D eigenvalue weighted by Crippen LogP contribution is 2.23. The number of thioether (sulfide) groups is 1. The molecule has 1 rings (SSSR count). The number of unbranched alkanes of at least 4 members (excludes halogenated alkanes) is 4. The first kappa shape index (κ1) is 16.8. The summed E-state index contributed by atoms with van der Waals surface area (Å²) < 4.78 is 0. The maximum Gasteiger partial charge on any atom is 0.304 e. The van der Waals surface area contributed by atoms with Crippen molar-refractivity contribution in [2.24, 2.45) is 0 Å². The minimum atomic E-state index is -0.660. The normalized spacial score (nSPS) is 22.3. The number of carbonyl (C=O) groups is 1. The van der Waals surface area contributed by atoms with Crippen LogP contribution in [-0.4, -0.2) is 46.1 Å². The van der Waals surface area contributed by atoms with Gasteiger partial charge in [-0.2, -0.15) is 11.8 Å². The molecule has 0 saturated carbocycles. The predicted octanol–water partition coefficient (Wildman–Crippen LogP) is 3.63. The molecular formula is C15H29NO2S. The van der Waals surface area contributed by atoms with Crippen molar-refractivity contribution in [1.82, 2.24) is 4.90 Å². The van der Waals surface area contributed by atoms with Crippen LogP contribution in [0.2, 0.25) is 0 Å². The van der Waals surface area contributed by atoms with Gasteiger partial charge in [-0.3, -0.25) is 9.69 Å². The van der Waals surface area contributed by atoms with Crippen LogP contribution in [0.3, 0.4) is 0 Å². The van der Waals surface area contributed by atoms with Gasteiger partial charge in [0.1, 0.15) is 0 Å². The number of carboxylic acid groups (broad SMARTS) is 1. The van der Waals surface area contributed by atoms with Crippen LogP contribution in [0, 0.1) is 0 Å². The van der Waals surface area contributed by atoms with Gasteiger partial charge in [0.25, 0.3) is 0 Å². The molecule has 4 heteroatoms. The summed E-state index contributed by atoms with van der Waals surface area (Å²) in [4.78, 5) is 13.4. The average Bonchev–Trinajstić information content (AvgIpc) is 2.38. The Morgan fingerprint density at radius 3 is 2.79 bits per heavy atom. The van der Waals surface area contributed by atoms with E-state index in [0.29, 0.717) is 12.5 Å². The lowest BCUT2D eigenvalue weighted by molar-refractivity contribution is -0.138. The van der Waals surface area contributed by atoms with Gasteiger partial charge in [0.15, 0.2) is 0 Å². The zero-order valence-electron chi connectivity index (χ0n) is 12.4. The predicted molar refractivity (Wildman–Crippen MR) is 82.9 cm³/mol. The fraction of sp³-hybridized carbons (Fsp3) is 0.933. The second kappa shape index (κ2) is 9.65. The molecule has 19 heavy (non-hydrogen) atoms. The molecular weight excluding hydrogens is 258 g/mol. The van der Waals surface area contributed by atoms with Gasteiger partial charge in [-0.05, 0) is 13.3 Å². The molecule has 0 aromatic rings. The summed E-state index contributed by atoms with van der Waals surface area (Å²) in [5.74, 6) is 1.47. The van der Waals surface area contributed by atoms with E-state index in [9.17, 15) is 4.79 Å². The van der Waals surface area contributed by atoms with E-state index in [0.717, 1.165) is 18.1 Å². The SMILES string of the molecule is CCCCCCCC(C)N1CCSCC1CC(=O)O. The standard InChI is InChI=1S/C15H29NO2S/c1-3-4-5-6-7-8-13(2)16-9-10-19-12-14(16)11-15(17)18/h13-14H,3-12H2,1-2H3,(H,17,18). The van der Waals surface area contributed by atoms with Crippen LogP contribution in [0.15, 0.2) is 0 Å². The van der Waals surface area contributed by atoms with Crippen LogP contribution >= 0.6 is 11.8 Å². The van der Waals surface area contributed by atoms with Crippen molar-refractivity contribution in [3.05, 3.63) is 0 Å². The monoisotopic (exact) mass is 287 g/mol. The van der Waals surface area contributed by atoms with Crippen molar-refractivity contribution in [2.45, 2.75) is 70.9 Å². The average molecular weight is 287 g/mol. The Bertz CT molecular complexity index is 261. The Labute approximate surface area is 122 Å². The van der Waals surface area contributed by atoms with Crippen molar-refractivity contribution < 1.29 is 9.90 Å². The number of aliphatic carboxylic acids is 1. The molecule has 1 aliphatic heterocycles. The van der Waals surface area contributed by atoms with Crippen LogP contribution in [0.1, 0.15) is 58.8 Å². The van der Waals surface area contributed by atoms with Crippen molar-refractivity contribution >= 4 is 17.7 Å². The zero-order valence-corrected chi connectivity index (χ0v) is 13.3. The Kier molecular flexibility index (Phi) is 8.55. The molecule has 0 amide bonds. The Morgan fingerprint density at radius 2 is 2.11 bits per heavy atom. The summed E-state index contributed by atoms with van der Waals surface area (Å²) in [6.07, 6.45) is 8.10. The van der Waals surface area contributed by atoms with E-state index in [1.54, 1.807) is 0 Å². The fourth-order valence-corrected chi connectivity index (χ4v) is 3.92. The van der Waals surface area contributed by atoms with E-state index in [-0.39, 0.29) is 6.04 Å². The minimum absolute atomic E-state index is 0.238. The van der Waals surface area contributed by atoms with Crippen molar-refractivity contribution in [1.29, 1.82) is 0 Å². The number of carboxylic acids is 1. The second-order valence-electron chi connectivity index (χ2n) is 5.62. The lowest BCUT2D eigenvalue weighted by atomic mass is 10.0. The molecule has 1 aliphatic rings. The number of nitrogens with zero attached hydrogens (tertiary/aromatic N) is 1. The molecule has 1 saturated heterocycles. The van der Waals surface area contributed by atoms with E-state index < -0.39 is 5.97 Å². The van der Waals surface area contributed by atoms with Crippen LogP contribution < -0.4 is 0 Å². The molecule has 0 spiro atoms. The molecule has 0 aromatic heterocycles. The van der Waals surface area contributed by atoms with E-state index in [1.165, 1.54) is 38.5 Å². The molecule has 1 N–H and O–H groups in total. The third-order valence-corrected chi connectivity index (χ3v) is 5.07. The molecule has 0 radical (unpaired) electrons. The van der Waals surface area contributed by atoms with Crippen LogP contribution in [-0.2, 0) is 4.79 Å². The van der Waals surface area contributed by atoms with Crippen molar-refractivity contribution in [3.8, 4) is 0 Å². The molecule has 2 unspecified atom stereocenters. The third kappa shape index (κ3) is 6.66. The molecule has 3 nitrogen and oxygen atoms in total. The smallest absolute Gasteiger partial charge is 0.304 e. The maximum atomic E-state index is 10.9. The summed E-state index contributed by atoms with van der Waals surface area (Å²) in [6.45, 7) is 5.56. The van der Waals surface area contributed by atoms with E-state index >= 15 is 0 Å². The van der Waals surface area contributed by atoms with E-state index in [2.05, 4.69) is 18.7 Å². The highest BCUT2D eigenvalue weighted by molar-refractivity contribution is 7.99. The van der Waals surface area contributed by atoms with Gasteiger partial charge in [0.05, 0.1) is 6.42 Å². The molecule has 0 aromatic carbocycles. The van der Waals surface area contributed by atoms with Crippen molar-refractivity contribution in [2.75, 3.05) is 18.1 Å². The van der Waals surface area contributed by atoms with Crippen LogP contribution in [0.25, 0.3) is 0 Å². The Hall–Kier alpha value is -0.220. The molecule has 0 aliphatic carbocycles. The molecule has 1 heterocycles. The molecule has 1 fully saturated rings. The maximum absolute atomic E-state index is 10.9. The summed E-state index contributed by atoms with van der Waals surface area (Å²) in [6, 6.07) is 0.772. The van der Waals surface area contributed by atoms with Crippen LogP contribution in [0.5, 0.6) is 0 Å². The summed E-state index contributed by atoms with van der Waals surface area (Å²) in [7, 11) is 0. The minimum Gasteiger partial charge on any atom is -0.481 e. The lowest BCUT2D eigenvalue weighted by Crippen LogP contribution is -2.48. The second-order valence-corrected chi connectivity index (χ2v) is 6.77. The summed E-state index contributed by atoms with van der Waals surface area (Å²) >= 11 is 1.90. The van der Waals surface area contributed by atoms with E-state index in [4.69, 9.17) is 5.11 Å². The largest absolute Gasteiger partial charge is 0.481 e. The summed E-state index contributed by atoms with van der Waals surface area (Å²) in [5.41, 5.74) is 0. The highest BCUT2D eigenvalue weighted by atomic mass is 32.2. The first-order valence-electron chi connectivity index (χ1n) is 7.70. The topological polar surface area (TPSA) is 40.5 Å². The van der Waals surface area contributed by atoms with Gasteiger partial charge in [-0.25, -0.2) is 0 Å². The first-order chi connectivity index (χ1) is 9.15. The molecule has 2 atom stereocenters. The molecule has 112 valence electrons. The number of rotatable bonds is 9. The lowest BCUT2D eigenvalue weighted by Gasteiger charge is -2.39. The van der Waals surface area contributed by atoms with Gasteiger partial charge in [0, 0.05) is 30.1 Å². The first-order valence-corrected chi connectivity index (χ1v) is 8.86. The van der Waals surface area contributed by atoms with Crippen LogP contribution in [0.4, 0.5) is 0 Å². The fourth-order valence-electron chi connectivity index (χ4n) is 2.83. The highest BCUT2D eigenvalue weighted by Gasteiger charge is 2.28. The molecule has 0 bridgehead atoms. The van der Waals surface area contributed by atoms with Gasteiger partial charge >= 0.3 is 5.97 Å². The third-order valence-electron chi connectivity index (χ3n) is 3.97. The van der Waals surface area contributed by atoms with Gasteiger partial charge in [0.2, 0.25) is 0 Å². The van der Waals surface area contributed by atoms with E-state index in [1.807, 2.05) is 11.8 Å². The quantitative estimate of drug-likeness (QED) is 0.657. The Morgan fingerprint density at radius 1 is 1.37 bits per heavy atom. The number of hydrogen-bond donors (Lipinski definition) is 1. The van der Waals surface area contributed by atoms with Gasteiger partial charge in [-0.1, -0.05) is 39.0 Å². The summed E-state index contributed by atoms with van der Waals surface area (Å²) in [5, 5.41) is 9.00. The van der Waals surface area contributed by atoms with Crippen molar-refractivity contribution in [3.63, 3.8) is 0 Å². The zero-order chi connectivity index (χ0) is 14.1.